The van der Waals surface area contributed by atoms with Crippen LogP contribution < -0.4 is 0 Å². The summed E-state index contributed by atoms with van der Waals surface area (Å²) in [6, 6.07) is 0. The third-order valence-corrected chi connectivity index (χ3v) is 3.35. The minimum atomic E-state index is 0.664. The van der Waals surface area contributed by atoms with Gasteiger partial charge in [-0.25, -0.2) is 4.68 Å². The Morgan fingerprint density at radius 3 is 2.50 bits per heavy atom. The average Bonchev–Trinajstić information content (AvgIpc) is 2.85. The Kier molecular flexibility index (Phi) is 2.21. The van der Waals surface area contributed by atoms with Crippen molar-refractivity contribution in [2.75, 3.05) is 0 Å². The van der Waals surface area contributed by atoms with Crippen molar-refractivity contribution in [3.63, 3.8) is 0 Å². The molecule has 7 heteroatoms. The molecular formula is C11H14N6S. The highest BCUT2D eigenvalue weighted by Gasteiger charge is 2.16. The van der Waals surface area contributed by atoms with E-state index in [9.17, 15) is 0 Å². The largest absolute Gasteiger partial charge is 0.327 e. The molecule has 94 valence electrons. The minimum absolute atomic E-state index is 0.664. The number of aromatic nitrogens is 6. The third-order valence-electron chi connectivity index (χ3n) is 3.07. The van der Waals surface area contributed by atoms with Gasteiger partial charge in [0.1, 0.15) is 5.52 Å². The van der Waals surface area contributed by atoms with Crippen LogP contribution in [0.25, 0.3) is 16.9 Å². The number of nitrogens with zero attached hydrogens (tertiary/aromatic N) is 5. The zero-order valence-corrected chi connectivity index (χ0v) is 11.5. The number of H-pyrrole nitrogens is 1. The van der Waals surface area contributed by atoms with Gasteiger partial charge in [0, 0.05) is 20.3 Å². The van der Waals surface area contributed by atoms with Crippen LogP contribution >= 0.6 is 12.2 Å². The fraction of sp³-hybridized carbons (Fsp3) is 0.364. The monoisotopic (exact) mass is 262 g/mol. The van der Waals surface area contributed by atoms with Crippen molar-refractivity contribution in [3.05, 3.63) is 22.4 Å². The van der Waals surface area contributed by atoms with Crippen LogP contribution in [-0.2, 0) is 14.1 Å². The summed E-state index contributed by atoms with van der Waals surface area (Å²) in [7, 11) is 3.82. The molecule has 0 aliphatic carbocycles. The fourth-order valence-electron chi connectivity index (χ4n) is 2.34. The molecule has 3 aromatic heterocycles. The van der Waals surface area contributed by atoms with Crippen LogP contribution in [0.15, 0.2) is 6.20 Å². The molecule has 3 aromatic rings. The molecule has 3 heterocycles. The van der Waals surface area contributed by atoms with Gasteiger partial charge in [0.05, 0.1) is 17.1 Å². The smallest absolute Gasteiger partial charge is 0.184 e. The van der Waals surface area contributed by atoms with Crippen LogP contribution in [0.2, 0.25) is 0 Å². The average molecular weight is 262 g/mol. The van der Waals surface area contributed by atoms with E-state index in [4.69, 9.17) is 12.2 Å². The molecule has 0 saturated carbocycles. The summed E-state index contributed by atoms with van der Waals surface area (Å²) in [6.07, 6.45) is 1.96. The first kappa shape index (κ1) is 11.2. The van der Waals surface area contributed by atoms with Crippen LogP contribution in [0.1, 0.15) is 11.4 Å². The molecule has 0 bridgehead atoms. The summed E-state index contributed by atoms with van der Waals surface area (Å²) in [6.45, 7) is 3.94. The standard InChI is InChI=1S/C11H14N6S/c1-6-8(5-15(3)13-6)17-10-9(12-11(17)18)7(2)14-16(10)4/h5H,1-4H3,(H,12,18). The zero-order valence-electron chi connectivity index (χ0n) is 10.7. The molecule has 0 aliphatic heterocycles. The second-order valence-electron chi connectivity index (χ2n) is 4.45. The van der Waals surface area contributed by atoms with E-state index in [1.54, 1.807) is 4.68 Å². The van der Waals surface area contributed by atoms with E-state index in [2.05, 4.69) is 15.2 Å². The molecule has 0 spiro atoms. The Labute approximate surface area is 109 Å². The number of imidazole rings is 1. The lowest BCUT2D eigenvalue weighted by Gasteiger charge is -2.02. The second kappa shape index (κ2) is 3.55. The molecule has 0 saturated heterocycles. The highest BCUT2D eigenvalue weighted by atomic mass is 32.1. The molecule has 0 aliphatic rings. The molecule has 18 heavy (non-hydrogen) atoms. The van der Waals surface area contributed by atoms with E-state index in [0.717, 1.165) is 28.2 Å². The highest BCUT2D eigenvalue weighted by Crippen LogP contribution is 2.22. The van der Waals surface area contributed by atoms with Gasteiger partial charge in [-0.15, -0.1) is 0 Å². The van der Waals surface area contributed by atoms with Crippen molar-refractivity contribution in [2.24, 2.45) is 14.1 Å². The Hall–Kier alpha value is -1.89. The van der Waals surface area contributed by atoms with Gasteiger partial charge in [0.25, 0.3) is 0 Å². The van der Waals surface area contributed by atoms with Crippen LogP contribution in [0, 0.1) is 18.6 Å². The summed E-state index contributed by atoms with van der Waals surface area (Å²) in [4.78, 5) is 3.21. The molecule has 0 radical (unpaired) electrons. The Morgan fingerprint density at radius 2 is 1.89 bits per heavy atom. The molecule has 0 fully saturated rings. The van der Waals surface area contributed by atoms with Crippen molar-refractivity contribution in [2.45, 2.75) is 13.8 Å². The van der Waals surface area contributed by atoms with Crippen LogP contribution in [-0.4, -0.2) is 29.1 Å². The van der Waals surface area contributed by atoms with E-state index in [1.807, 2.05) is 43.4 Å². The van der Waals surface area contributed by atoms with E-state index >= 15 is 0 Å². The lowest BCUT2D eigenvalue weighted by Crippen LogP contribution is -2.01. The lowest BCUT2D eigenvalue weighted by molar-refractivity contribution is 0.755. The fourth-order valence-corrected chi connectivity index (χ4v) is 2.62. The number of fused-ring (bicyclic) bond motifs is 1. The van der Waals surface area contributed by atoms with Crippen molar-refractivity contribution in [3.8, 4) is 5.69 Å². The molecule has 1 N–H and O–H groups in total. The zero-order chi connectivity index (χ0) is 13.0. The van der Waals surface area contributed by atoms with E-state index < -0.39 is 0 Å². The van der Waals surface area contributed by atoms with Gasteiger partial charge in [0.15, 0.2) is 10.4 Å². The molecular weight excluding hydrogens is 248 g/mol. The number of rotatable bonds is 1. The normalized spacial score (nSPS) is 11.6. The molecule has 0 amide bonds. The van der Waals surface area contributed by atoms with Crippen molar-refractivity contribution in [1.29, 1.82) is 0 Å². The molecule has 0 atom stereocenters. The maximum Gasteiger partial charge on any atom is 0.184 e. The SMILES string of the molecule is Cc1nn(C)cc1-n1c(=S)[nH]c2c(C)nn(C)c21. The third kappa shape index (κ3) is 1.37. The Bertz CT molecular complexity index is 800. The Morgan fingerprint density at radius 1 is 1.17 bits per heavy atom. The molecule has 0 aromatic carbocycles. The quantitative estimate of drug-likeness (QED) is 0.680. The van der Waals surface area contributed by atoms with Gasteiger partial charge >= 0.3 is 0 Å². The number of hydrogen-bond acceptors (Lipinski definition) is 3. The van der Waals surface area contributed by atoms with Gasteiger partial charge in [-0.3, -0.25) is 9.25 Å². The summed E-state index contributed by atoms with van der Waals surface area (Å²) in [5.41, 5.74) is 4.81. The number of aryl methyl sites for hydroxylation is 4. The van der Waals surface area contributed by atoms with E-state index in [-0.39, 0.29) is 0 Å². The van der Waals surface area contributed by atoms with Gasteiger partial charge in [-0.05, 0) is 26.1 Å². The number of aromatic amines is 1. The van der Waals surface area contributed by atoms with Crippen molar-refractivity contribution >= 4 is 23.4 Å². The molecule has 6 nitrogen and oxygen atoms in total. The minimum Gasteiger partial charge on any atom is -0.327 e. The van der Waals surface area contributed by atoms with Gasteiger partial charge in [-0.2, -0.15) is 10.2 Å². The van der Waals surface area contributed by atoms with Crippen molar-refractivity contribution < 1.29 is 0 Å². The Balaban J connectivity index is 2.45. The predicted molar refractivity (Wildman–Crippen MR) is 71.5 cm³/mol. The first-order valence-corrected chi connectivity index (χ1v) is 6.05. The predicted octanol–water partition coefficient (Wildman–Crippen LogP) is 1.77. The summed E-state index contributed by atoms with van der Waals surface area (Å²) in [5, 5.41) is 8.76. The van der Waals surface area contributed by atoms with Crippen LogP contribution in [0.3, 0.4) is 0 Å². The molecule has 3 rings (SSSR count). The van der Waals surface area contributed by atoms with E-state index in [1.165, 1.54) is 0 Å². The van der Waals surface area contributed by atoms with E-state index in [0.29, 0.717) is 4.77 Å². The lowest BCUT2D eigenvalue weighted by atomic mass is 10.4. The van der Waals surface area contributed by atoms with Crippen molar-refractivity contribution in [1.82, 2.24) is 29.1 Å². The summed E-state index contributed by atoms with van der Waals surface area (Å²) >= 11 is 5.41. The first-order valence-electron chi connectivity index (χ1n) is 5.64. The summed E-state index contributed by atoms with van der Waals surface area (Å²) < 4.78 is 6.27. The van der Waals surface area contributed by atoms with Gasteiger partial charge in [0.2, 0.25) is 0 Å². The van der Waals surface area contributed by atoms with Gasteiger partial charge < -0.3 is 4.98 Å². The highest BCUT2D eigenvalue weighted by molar-refractivity contribution is 7.71. The first-order chi connectivity index (χ1) is 8.49. The maximum absolute atomic E-state index is 5.41. The number of nitrogens with one attached hydrogen (secondary N) is 1. The van der Waals surface area contributed by atoms with Gasteiger partial charge in [-0.1, -0.05) is 0 Å². The van der Waals surface area contributed by atoms with Crippen LogP contribution in [0.5, 0.6) is 0 Å². The van der Waals surface area contributed by atoms with Crippen LogP contribution in [0.4, 0.5) is 0 Å². The topological polar surface area (TPSA) is 56.4 Å². The number of hydrogen-bond donors (Lipinski definition) is 1. The maximum atomic E-state index is 5.41. The second-order valence-corrected chi connectivity index (χ2v) is 4.83. The summed E-state index contributed by atoms with van der Waals surface area (Å²) in [5.74, 6) is 0. The molecule has 0 unspecified atom stereocenters.